The highest BCUT2D eigenvalue weighted by atomic mass is 79.9. The van der Waals surface area contributed by atoms with Crippen LogP contribution in [0.5, 0.6) is 5.75 Å². The molecule has 0 aliphatic rings. The first-order valence-electron chi connectivity index (χ1n) is 6.13. The number of nitrogens with zero attached hydrogens (tertiary/aromatic N) is 1. The number of halogens is 2. The number of rotatable bonds is 6. The highest BCUT2D eigenvalue weighted by Gasteiger charge is 2.06. The zero-order valence-corrected chi connectivity index (χ0v) is 12.5. The maximum atomic E-state index is 13.5. The number of nitro benzene ring substituents is 1. The first-order valence-corrected chi connectivity index (χ1v) is 6.92. The molecule has 2 aromatic rings. The fraction of sp³-hybridized carbons (Fsp3) is 0.143. The fourth-order valence-electron chi connectivity index (χ4n) is 1.68. The van der Waals surface area contributed by atoms with Gasteiger partial charge in [0.05, 0.1) is 10.6 Å². The lowest BCUT2D eigenvalue weighted by Crippen LogP contribution is -2.12. The summed E-state index contributed by atoms with van der Waals surface area (Å²) in [6, 6.07) is 10.5. The van der Waals surface area contributed by atoms with Crippen LogP contribution in [0.15, 0.2) is 46.9 Å². The molecule has 0 bridgehead atoms. The Hall–Kier alpha value is -2.15. The van der Waals surface area contributed by atoms with E-state index in [1.165, 1.54) is 30.3 Å². The number of nitro groups is 1. The molecule has 0 atom stereocenters. The molecule has 5 nitrogen and oxygen atoms in total. The van der Waals surface area contributed by atoms with Crippen LogP contribution in [-0.2, 0) is 0 Å². The van der Waals surface area contributed by atoms with E-state index in [1.807, 2.05) is 0 Å². The molecule has 0 spiro atoms. The molecule has 21 heavy (non-hydrogen) atoms. The monoisotopic (exact) mass is 354 g/mol. The Balaban J connectivity index is 1.83. The second-order valence-corrected chi connectivity index (χ2v) is 4.98. The van der Waals surface area contributed by atoms with Crippen molar-refractivity contribution in [1.82, 2.24) is 0 Å². The molecule has 0 aliphatic heterocycles. The molecule has 0 amide bonds. The normalized spacial score (nSPS) is 10.2. The van der Waals surface area contributed by atoms with Crippen LogP contribution in [0.25, 0.3) is 0 Å². The lowest BCUT2D eigenvalue weighted by molar-refractivity contribution is -0.384. The van der Waals surface area contributed by atoms with Crippen LogP contribution in [0.1, 0.15) is 0 Å². The van der Waals surface area contributed by atoms with Gasteiger partial charge in [-0.15, -0.1) is 0 Å². The molecule has 7 heteroatoms. The zero-order chi connectivity index (χ0) is 15.2. The molecular weight excluding hydrogens is 343 g/mol. The molecule has 0 saturated carbocycles. The van der Waals surface area contributed by atoms with Crippen LogP contribution in [0, 0.1) is 15.9 Å². The first-order chi connectivity index (χ1) is 10.1. The average molecular weight is 355 g/mol. The zero-order valence-electron chi connectivity index (χ0n) is 10.9. The quantitative estimate of drug-likeness (QED) is 0.484. The van der Waals surface area contributed by atoms with Crippen LogP contribution in [-0.4, -0.2) is 18.1 Å². The third-order valence-electron chi connectivity index (χ3n) is 2.68. The number of hydrogen-bond acceptors (Lipinski definition) is 4. The molecule has 0 fully saturated rings. The second kappa shape index (κ2) is 7.03. The molecule has 0 heterocycles. The van der Waals surface area contributed by atoms with Crippen molar-refractivity contribution in [3.05, 3.63) is 62.9 Å². The van der Waals surface area contributed by atoms with Gasteiger partial charge in [0.1, 0.15) is 18.2 Å². The Kier molecular flexibility index (Phi) is 5.10. The van der Waals surface area contributed by atoms with Gasteiger partial charge in [-0.05, 0) is 40.2 Å². The Labute approximate surface area is 129 Å². The topological polar surface area (TPSA) is 64.4 Å². The van der Waals surface area contributed by atoms with Crippen molar-refractivity contribution >= 4 is 27.3 Å². The lowest BCUT2D eigenvalue weighted by Gasteiger charge is -2.10. The Morgan fingerprint density at radius 3 is 2.57 bits per heavy atom. The van der Waals surface area contributed by atoms with Crippen molar-refractivity contribution in [2.75, 3.05) is 18.5 Å². The van der Waals surface area contributed by atoms with Crippen LogP contribution >= 0.6 is 15.9 Å². The molecule has 2 aromatic carbocycles. The minimum Gasteiger partial charge on any atom is -0.492 e. The molecule has 110 valence electrons. The summed E-state index contributed by atoms with van der Waals surface area (Å²) in [5, 5.41) is 13.4. The predicted octanol–water partition coefficient (Wildman–Crippen LogP) is 3.99. The largest absolute Gasteiger partial charge is 0.492 e. The molecular formula is C14H12BrFN2O3. The van der Waals surface area contributed by atoms with E-state index in [-0.39, 0.29) is 11.5 Å². The molecule has 0 unspecified atom stereocenters. The van der Waals surface area contributed by atoms with Gasteiger partial charge in [-0.25, -0.2) is 4.39 Å². The molecule has 0 aliphatic carbocycles. The summed E-state index contributed by atoms with van der Waals surface area (Å²) in [6.07, 6.45) is 0. The summed E-state index contributed by atoms with van der Waals surface area (Å²) < 4.78 is 19.6. The van der Waals surface area contributed by atoms with Gasteiger partial charge in [0.25, 0.3) is 5.69 Å². The predicted molar refractivity (Wildman–Crippen MR) is 81.2 cm³/mol. The highest BCUT2D eigenvalue weighted by molar-refractivity contribution is 9.10. The molecule has 0 radical (unpaired) electrons. The van der Waals surface area contributed by atoms with Crippen LogP contribution in [0.4, 0.5) is 15.8 Å². The number of anilines is 1. The number of nitrogens with one attached hydrogen (secondary N) is 1. The van der Waals surface area contributed by atoms with E-state index in [9.17, 15) is 14.5 Å². The SMILES string of the molecule is O=[N+]([O-])c1ccc(OCCNc2c(F)cccc2Br)cc1. The van der Waals surface area contributed by atoms with Crippen LogP contribution in [0.2, 0.25) is 0 Å². The number of hydrogen-bond donors (Lipinski definition) is 1. The molecule has 0 aromatic heterocycles. The maximum Gasteiger partial charge on any atom is 0.269 e. The summed E-state index contributed by atoms with van der Waals surface area (Å²) in [7, 11) is 0. The molecule has 0 saturated heterocycles. The number of ether oxygens (including phenoxy) is 1. The van der Waals surface area contributed by atoms with Crippen molar-refractivity contribution in [3.63, 3.8) is 0 Å². The van der Waals surface area contributed by atoms with Gasteiger partial charge in [-0.3, -0.25) is 10.1 Å². The van der Waals surface area contributed by atoms with E-state index in [2.05, 4.69) is 21.2 Å². The fourth-order valence-corrected chi connectivity index (χ4v) is 2.16. The Morgan fingerprint density at radius 2 is 1.95 bits per heavy atom. The van der Waals surface area contributed by atoms with Crippen LogP contribution in [0.3, 0.4) is 0 Å². The summed E-state index contributed by atoms with van der Waals surface area (Å²) in [4.78, 5) is 10.0. The van der Waals surface area contributed by atoms with Gasteiger partial charge >= 0.3 is 0 Å². The summed E-state index contributed by atoms with van der Waals surface area (Å²) >= 11 is 3.26. The molecule has 2 rings (SSSR count). The van der Waals surface area contributed by atoms with E-state index >= 15 is 0 Å². The number of para-hydroxylation sites is 1. The molecule has 1 N–H and O–H groups in total. The van der Waals surface area contributed by atoms with Gasteiger partial charge in [0.2, 0.25) is 0 Å². The number of non-ortho nitro benzene ring substituents is 1. The summed E-state index contributed by atoms with van der Waals surface area (Å²) in [6.45, 7) is 0.703. The van der Waals surface area contributed by atoms with Gasteiger partial charge in [0.15, 0.2) is 0 Å². The van der Waals surface area contributed by atoms with Gasteiger partial charge < -0.3 is 10.1 Å². The minimum absolute atomic E-state index is 0.00997. The first kappa shape index (κ1) is 15.2. The van der Waals surface area contributed by atoms with E-state index in [1.54, 1.807) is 12.1 Å². The second-order valence-electron chi connectivity index (χ2n) is 4.12. The van der Waals surface area contributed by atoms with Crippen molar-refractivity contribution in [2.45, 2.75) is 0 Å². The highest BCUT2D eigenvalue weighted by Crippen LogP contribution is 2.24. The smallest absolute Gasteiger partial charge is 0.269 e. The van der Waals surface area contributed by atoms with Gasteiger partial charge in [0, 0.05) is 23.2 Å². The van der Waals surface area contributed by atoms with Gasteiger partial charge in [-0.2, -0.15) is 0 Å². The lowest BCUT2D eigenvalue weighted by atomic mass is 10.3. The third-order valence-corrected chi connectivity index (χ3v) is 3.34. The summed E-state index contributed by atoms with van der Waals surface area (Å²) in [5.41, 5.74) is 0.389. The van der Waals surface area contributed by atoms with Gasteiger partial charge in [-0.1, -0.05) is 6.07 Å². The Morgan fingerprint density at radius 1 is 1.24 bits per heavy atom. The van der Waals surface area contributed by atoms with Crippen molar-refractivity contribution in [1.29, 1.82) is 0 Å². The van der Waals surface area contributed by atoms with Crippen molar-refractivity contribution < 1.29 is 14.1 Å². The van der Waals surface area contributed by atoms with Crippen molar-refractivity contribution in [3.8, 4) is 5.75 Å². The van der Waals surface area contributed by atoms with E-state index in [4.69, 9.17) is 4.74 Å². The number of benzene rings is 2. The average Bonchev–Trinajstić information content (AvgIpc) is 2.46. The maximum absolute atomic E-state index is 13.5. The minimum atomic E-state index is -0.471. The van der Waals surface area contributed by atoms with E-state index in [0.717, 1.165) is 0 Å². The third kappa shape index (κ3) is 4.16. The standard InChI is InChI=1S/C14H12BrFN2O3/c15-12-2-1-3-13(16)14(12)17-8-9-21-11-6-4-10(5-7-11)18(19)20/h1-7,17H,8-9H2. The van der Waals surface area contributed by atoms with Crippen LogP contribution < -0.4 is 10.1 Å². The van der Waals surface area contributed by atoms with E-state index in [0.29, 0.717) is 29.1 Å². The summed E-state index contributed by atoms with van der Waals surface area (Å²) in [5.74, 6) is 0.176. The van der Waals surface area contributed by atoms with Crippen molar-refractivity contribution in [2.24, 2.45) is 0 Å². The Bertz CT molecular complexity index is 614. The van der Waals surface area contributed by atoms with E-state index < -0.39 is 4.92 Å².